The zero-order valence-corrected chi connectivity index (χ0v) is 17.1. The van der Waals surface area contributed by atoms with E-state index < -0.39 is 16.0 Å². The topological polar surface area (TPSA) is 95.9 Å². The first kappa shape index (κ1) is 21.6. The molecule has 0 atom stereocenters. The van der Waals surface area contributed by atoms with E-state index in [-0.39, 0.29) is 16.1 Å². The predicted octanol–water partition coefficient (Wildman–Crippen LogP) is 3.82. The van der Waals surface area contributed by atoms with Gasteiger partial charge in [-0.05, 0) is 55.3 Å². The lowest BCUT2D eigenvalue weighted by Crippen LogP contribution is -2.27. The van der Waals surface area contributed by atoms with Crippen molar-refractivity contribution in [1.82, 2.24) is 0 Å². The Morgan fingerprint density at radius 1 is 1.07 bits per heavy atom. The van der Waals surface area contributed by atoms with Crippen LogP contribution in [0.3, 0.4) is 0 Å². The van der Waals surface area contributed by atoms with Crippen molar-refractivity contribution in [3.8, 4) is 5.75 Å². The first-order valence-electron chi connectivity index (χ1n) is 9.11. The summed E-state index contributed by atoms with van der Waals surface area (Å²) < 4.78 is 32.7. The zero-order chi connectivity index (χ0) is 20.7. The largest absolute Gasteiger partial charge is 0.497 e. The third-order valence-electron chi connectivity index (χ3n) is 4.18. The summed E-state index contributed by atoms with van der Waals surface area (Å²) in [4.78, 5) is 13.8. The molecule has 0 aliphatic carbocycles. The van der Waals surface area contributed by atoms with E-state index in [9.17, 15) is 18.3 Å². The first-order valence-corrected chi connectivity index (χ1v) is 10.6. The molecule has 0 saturated carbocycles. The van der Waals surface area contributed by atoms with Gasteiger partial charge in [0.15, 0.2) is 0 Å². The molecule has 8 heteroatoms. The van der Waals surface area contributed by atoms with Crippen LogP contribution in [0.15, 0.2) is 47.4 Å². The second-order valence-electron chi connectivity index (χ2n) is 6.31. The molecular formula is C20H26N2O5S. The minimum absolute atomic E-state index is 0.0628. The van der Waals surface area contributed by atoms with Gasteiger partial charge in [0.1, 0.15) is 5.75 Å². The summed E-state index contributed by atoms with van der Waals surface area (Å²) >= 11 is 0. The number of hydrogen-bond donors (Lipinski definition) is 2. The highest BCUT2D eigenvalue weighted by atomic mass is 32.2. The minimum atomic E-state index is -3.85. The number of carboxylic acid groups (broad SMARTS) is 1. The highest BCUT2D eigenvalue weighted by Gasteiger charge is 2.19. The highest BCUT2D eigenvalue weighted by Crippen LogP contribution is 2.27. The van der Waals surface area contributed by atoms with Crippen LogP contribution in [0.25, 0.3) is 0 Å². The van der Waals surface area contributed by atoms with Crippen LogP contribution in [0.4, 0.5) is 11.4 Å². The Balaban J connectivity index is 2.35. The van der Waals surface area contributed by atoms with Crippen LogP contribution in [-0.4, -0.2) is 39.7 Å². The number of methoxy groups -OCH3 is 1. The average molecular weight is 407 g/mol. The maximum absolute atomic E-state index is 12.6. The lowest BCUT2D eigenvalue weighted by atomic mass is 10.1. The Bertz CT molecular complexity index is 905. The summed E-state index contributed by atoms with van der Waals surface area (Å²) in [6, 6.07) is 10.6. The smallest absolute Gasteiger partial charge is 0.337 e. The van der Waals surface area contributed by atoms with Crippen molar-refractivity contribution in [3.63, 3.8) is 0 Å². The normalized spacial score (nSPS) is 11.1. The highest BCUT2D eigenvalue weighted by molar-refractivity contribution is 7.92. The number of anilines is 2. The molecule has 0 spiro atoms. The number of benzene rings is 2. The van der Waals surface area contributed by atoms with Gasteiger partial charge in [-0.1, -0.05) is 13.8 Å². The molecule has 0 aromatic heterocycles. The molecule has 0 fully saturated rings. The quantitative estimate of drug-likeness (QED) is 0.623. The molecule has 0 bridgehead atoms. The Morgan fingerprint density at radius 3 is 2.18 bits per heavy atom. The van der Waals surface area contributed by atoms with Crippen molar-refractivity contribution < 1.29 is 23.1 Å². The summed E-state index contributed by atoms with van der Waals surface area (Å²) in [6.07, 6.45) is 1.76. The third kappa shape index (κ3) is 5.16. The van der Waals surface area contributed by atoms with Crippen LogP contribution in [-0.2, 0) is 10.0 Å². The fourth-order valence-electron chi connectivity index (χ4n) is 2.91. The average Bonchev–Trinajstić information content (AvgIpc) is 2.67. The summed E-state index contributed by atoms with van der Waals surface area (Å²) in [5, 5.41) is 9.63. The van der Waals surface area contributed by atoms with E-state index in [2.05, 4.69) is 4.72 Å². The van der Waals surface area contributed by atoms with E-state index in [0.29, 0.717) is 11.4 Å². The number of hydrogen-bond acceptors (Lipinski definition) is 5. The van der Waals surface area contributed by atoms with Gasteiger partial charge in [-0.25, -0.2) is 13.2 Å². The van der Waals surface area contributed by atoms with E-state index in [4.69, 9.17) is 4.74 Å². The van der Waals surface area contributed by atoms with E-state index >= 15 is 0 Å². The van der Waals surface area contributed by atoms with Crippen molar-refractivity contribution in [2.24, 2.45) is 0 Å². The van der Waals surface area contributed by atoms with Gasteiger partial charge in [0.2, 0.25) is 0 Å². The lowest BCUT2D eigenvalue weighted by molar-refractivity contribution is 0.0697. The Labute approximate surface area is 166 Å². The van der Waals surface area contributed by atoms with Crippen molar-refractivity contribution in [3.05, 3.63) is 48.0 Å². The number of aromatic carboxylic acids is 1. The number of nitrogens with one attached hydrogen (secondary N) is 1. The summed E-state index contributed by atoms with van der Waals surface area (Å²) in [6.45, 7) is 5.51. The second-order valence-corrected chi connectivity index (χ2v) is 7.99. The fraction of sp³-hybridized carbons (Fsp3) is 0.350. The van der Waals surface area contributed by atoms with Crippen LogP contribution >= 0.6 is 0 Å². The lowest BCUT2D eigenvalue weighted by Gasteiger charge is -2.25. The number of nitrogens with zero attached hydrogens (tertiary/aromatic N) is 1. The standard InChI is InChI=1S/C20H26N2O5S/c1-4-12-22(13-5-2)19-11-6-15(14-18(19)20(23)24)21-28(25,26)17-9-7-16(27-3)8-10-17/h6-11,14,21H,4-5,12-13H2,1-3H3,(H,23,24). The number of ether oxygens (including phenoxy) is 1. The molecule has 0 heterocycles. The molecule has 0 radical (unpaired) electrons. The Kier molecular flexibility index (Phi) is 7.28. The van der Waals surface area contributed by atoms with Gasteiger partial charge in [-0.2, -0.15) is 0 Å². The van der Waals surface area contributed by atoms with Gasteiger partial charge in [0, 0.05) is 18.8 Å². The molecule has 0 amide bonds. The first-order chi connectivity index (χ1) is 13.3. The van der Waals surface area contributed by atoms with E-state index in [1.54, 1.807) is 24.3 Å². The van der Waals surface area contributed by atoms with Gasteiger partial charge in [0.25, 0.3) is 10.0 Å². The van der Waals surface area contributed by atoms with E-state index in [0.717, 1.165) is 25.9 Å². The molecule has 7 nitrogen and oxygen atoms in total. The van der Waals surface area contributed by atoms with Crippen molar-refractivity contribution >= 4 is 27.4 Å². The maximum atomic E-state index is 12.6. The maximum Gasteiger partial charge on any atom is 0.337 e. The molecule has 2 aromatic carbocycles. The summed E-state index contributed by atoms with van der Waals surface area (Å²) in [5.74, 6) is -0.555. The van der Waals surface area contributed by atoms with E-state index in [1.807, 2.05) is 18.7 Å². The molecule has 28 heavy (non-hydrogen) atoms. The molecule has 2 rings (SSSR count). The molecule has 0 aliphatic rings. The molecule has 152 valence electrons. The number of rotatable bonds is 10. The van der Waals surface area contributed by atoms with Gasteiger partial charge >= 0.3 is 5.97 Å². The Hall–Kier alpha value is -2.74. The predicted molar refractivity (Wildman–Crippen MR) is 110 cm³/mol. The second kappa shape index (κ2) is 9.45. The fourth-order valence-corrected chi connectivity index (χ4v) is 3.96. The third-order valence-corrected chi connectivity index (χ3v) is 5.57. The van der Waals surface area contributed by atoms with Crippen molar-refractivity contribution in [1.29, 1.82) is 0 Å². The Morgan fingerprint density at radius 2 is 1.68 bits per heavy atom. The van der Waals surface area contributed by atoms with Crippen LogP contribution in [0.2, 0.25) is 0 Å². The van der Waals surface area contributed by atoms with Crippen LogP contribution < -0.4 is 14.4 Å². The molecule has 2 aromatic rings. The van der Waals surface area contributed by atoms with Gasteiger partial charge < -0.3 is 14.7 Å². The molecule has 2 N–H and O–H groups in total. The van der Waals surface area contributed by atoms with Gasteiger partial charge in [0.05, 0.1) is 23.3 Å². The van der Waals surface area contributed by atoms with E-state index in [1.165, 1.54) is 25.3 Å². The summed E-state index contributed by atoms with van der Waals surface area (Å²) in [7, 11) is -2.35. The van der Waals surface area contributed by atoms with Gasteiger partial charge in [-0.3, -0.25) is 4.72 Å². The molecular weight excluding hydrogens is 380 g/mol. The monoisotopic (exact) mass is 406 g/mol. The number of carbonyl (C=O) groups is 1. The van der Waals surface area contributed by atoms with Crippen molar-refractivity contribution in [2.75, 3.05) is 29.8 Å². The van der Waals surface area contributed by atoms with Crippen LogP contribution in [0.1, 0.15) is 37.0 Å². The molecule has 0 unspecified atom stereocenters. The minimum Gasteiger partial charge on any atom is -0.497 e. The van der Waals surface area contributed by atoms with Crippen molar-refractivity contribution in [2.45, 2.75) is 31.6 Å². The zero-order valence-electron chi connectivity index (χ0n) is 16.3. The molecule has 0 saturated heterocycles. The van der Waals surface area contributed by atoms with Crippen LogP contribution in [0.5, 0.6) is 5.75 Å². The number of carboxylic acids is 1. The van der Waals surface area contributed by atoms with Crippen LogP contribution in [0, 0.1) is 0 Å². The van der Waals surface area contributed by atoms with Gasteiger partial charge in [-0.15, -0.1) is 0 Å². The SMILES string of the molecule is CCCN(CCC)c1ccc(NS(=O)(=O)c2ccc(OC)cc2)cc1C(=O)O. The molecule has 0 aliphatic heterocycles. The summed E-state index contributed by atoms with van der Waals surface area (Å²) in [5.41, 5.74) is 0.852. The number of sulfonamides is 1.